The molecule has 0 N–H and O–H groups in total. The van der Waals surface area contributed by atoms with Crippen LogP contribution in [0.1, 0.15) is 20.8 Å². The molecule has 0 heterocycles. The molecule has 7 heavy (non-hydrogen) atoms. The second-order valence-corrected chi connectivity index (χ2v) is 1.92. The van der Waals surface area contributed by atoms with Gasteiger partial charge in [-0.25, -0.2) is 5.11 Å². The van der Waals surface area contributed by atoms with Gasteiger partial charge in [0.25, 0.3) is 0 Å². The highest BCUT2D eigenvalue weighted by molar-refractivity contribution is 5.05. The zero-order valence-corrected chi connectivity index (χ0v) is 5.12. The van der Waals surface area contributed by atoms with E-state index in [4.69, 9.17) is 0 Å². The quantitative estimate of drug-likeness (QED) is 0.446. The van der Waals surface area contributed by atoms with Crippen LogP contribution in [-0.2, 0) is 5.11 Å². The van der Waals surface area contributed by atoms with Crippen LogP contribution in [0.5, 0.6) is 0 Å². The van der Waals surface area contributed by atoms with Gasteiger partial charge in [-0.1, -0.05) is 5.57 Å². The van der Waals surface area contributed by atoms with Crippen LogP contribution in [0.15, 0.2) is 11.1 Å². The summed E-state index contributed by atoms with van der Waals surface area (Å²) in [4.78, 5) is 0. The molecule has 0 atom stereocenters. The molecule has 1 heteroatoms. The van der Waals surface area contributed by atoms with E-state index in [1.807, 2.05) is 20.8 Å². The first-order chi connectivity index (χ1) is 3.18. The van der Waals surface area contributed by atoms with Gasteiger partial charge in [0.05, 0.1) is 0 Å². The summed E-state index contributed by atoms with van der Waals surface area (Å²) in [7, 11) is 0. The van der Waals surface area contributed by atoms with Crippen molar-refractivity contribution in [1.29, 1.82) is 0 Å². The van der Waals surface area contributed by atoms with Crippen LogP contribution < -0.4 is 0 Å². The standard InChI is InChI=1S/C6H11O/c1-5(2)6(3)4-7/h4H2,1-3H3. The van der Waals surface area contributed by atoms with Crippen molar-refractivity contribution in [2.75, 3.05) is 6.61 Å². The highest BCUT2D eigenvalue weighted by atomic mass is 16.3. The van der Waals surface area contributed by atoms with Gasteiger partial charge in [0.2, 0.25) is 0 Å². The Labute approximate surface area is 44.7 Å². The minimum absolute atomic E-state index is 0.0532. The number of allylic oxidation sites excluding steroid dienone is 1. The maximum Gasteiger partial charge on any atom is 0.103 e. The number of hydrogen-bond donors (Lipinski definition) is 0. The second kappa shape index (κ2) is 2.80. The minimum Gasteiger partial charge on any atom is -0.232 e. The lowest BCUT2D eigenvalue weighted by molar-refractivity contribution is 0.222. The van der Waals surface area contributed by atoms with Gasteiger partial charge in [-0.15, -0.1) is 0 Å². The summed E-state index contributed by atoms with van der Waals surface area (Å²) < 4.78 is 0. The van der Waals surface area contributed by atoms with Gasteiger partial charge in [-0.2, -0.15) is 0 Å². The highest BCUT2D eigenvalue weighted by Crippen LogP contribution is 1.98. The van der Waals surface area contributed by atoms with Crippen LogP contribution in [-0.4, -0.2) is 6.61 Å². The SMILES string of the molecule is CC(C)=C(C)C[O]. The van der Waals surface area contributed by atoms with Crippen molar-refractivity contribution in [1.82, 2.24) is 0 Å². The lowest BCUT2D eigenvalue weighted by Gasteiger charge is -1.92. The van der Waals surface area contributed by atoms with Gasteiger partial charge >= 0.3 is 0 Å². The molecule has 0 spiro atoms. The van der Waals surface area contributed by atoms with Crippen LogP contribution in [0.25, 0.3) is 0 Å². The van der Waals surface area contributed by atoms with Crippen molar-refractivity contribution < 1.29 is 5.11 Å². The van der Waals surface area contributed by atoms with E-state index in [1.165, 1.54) is 0 Å². The third kappa shape index (κ3) is 2.40. The summed E-state index contributed by atoms with van der Waals surface area (Å²) in [5.74, 6) is 0. The smallest absolute Gasteiger partial charge is 0.103 e. The summed E-state index contributed by atoms with van der Waals surface area (Å²) in [5, 5.41) is 10.0. The van der Waals surface area contributed by atoms with E-state index < -0.39 is 0 Å². The third-order valence-electron chi connectivity index (χ3n) is 1.07. The van der Waals surface area contributed by atoms with E-state index in [2.05, 4.69) is 0 Å². The van der Waals surface area contributed by atoms with Crippen LogP contribution in [0, 0.1) is 0 Å². The molecule has 0 saturated heterocycles. The van der Waals surface area contributed by atoms with E-state index in [1.54, 1.807) is 0 Å². The predicted octanol–water partition coefficient (Wildman–Crippen LogP) is 1.77. The molecule has 0 aliphatic heterocycles. The van der Waals surface area contributed by atoms with Crippen LogP contribution >= 0.6 is 0 Å². The molecule has 0 rings (SSSR count). The molecule has 0 saturated carbocycles. The fourth-order valence-electron chi connectivity index (χ4n) is 0.144. The topological polar surface area (TPSA) is 19.9 Å². The molecular weight excluding hydrogens is 88.1 g/mol. The molecule has 1 nitrogen and oxygen atoms in total. The highest BCUT2D eigenvalue weighted by Gasteiger charge is 1.85. The van der Waals surface area contributed by atoms with Gasteiger partial charge in [0.15, 0.2) is 0 Å². The monoisotopic (exact) mass is 99.1 g/mol. The summed E-state index contributed by atoms with van der Waals surface area (Å²) >= 11 is 0. The Morgan fingerprint density at radius 1 is 1.29 bits per heavy atom. The van der Waals surface area contributed by atoms with Gasteiger partial charge in [-0.3, -0.25) is 0 Å². The maximum atomic E-state index is 10.0. The van der Waals surface area contributed by atoms with E-state index in [0.717, 1.165) is 11.1 Å². The van der Waals surface area contributed by atoms with Crippen molar-refractivity contribution in [3.8, 4) is 0 Å². The summed E-state index contributed by atoms with van der Waals surface area (Å²) in [6.45, 7) is 5.71. The number of hydrogen-bond acceptors (Lipinski definition) is 0. The summed E-state index contributed by atoms with van der Waals surface area (Å²) in [5.41, 5.74) is 2.11. The molecule has 0 unspecified atom stereocenters. The first-order valence-corrected chi connectivity index (χ1v) is 2.39. The first kappa shape index (κ1) is 6.70. The average Bonchev–Trinajstić information content (AvgIpc) is 1.65. The Morgan fingerprint density at radius 3 is 1.71 bits per heavy atom. The Hall–Kier alpha value is -0.300. The lowest BCUT2D eigenvalue weighted by atomic mass is 10.2. The predicted molar refractivity (Wildman–Crippen MR) is 29.6 cm³/mol. The average molecular weight is 99.2 g/mol. The van der Waals surface area contributed by atoms with Gasteiger partial charge < -0.3 is 0 Å². The van der Waals surface area contributed by atoms with E-state index in [9.17, 15) is 5.11 Å². The van der Waals surface area contributed by atoms with Gasteiger partial charge in [0, 0.05) is 0 Å². The molecule has 41 valence electrons. The number of rotatable bonds is 1. The fourth-order valence-corrected chi connectivity index (χ4v) is 0.144. The zero-order valence-electron chi connectivity index (χ0n) is 5.12. The Bertz CT molecular complexity index is 78.2. The maximum absolute atomic E-state index is 10.0. The third-order valence-corrected chi connectivity index (χ3v) is 1.07. The largest absolute Gasteiger partial charge is 0.232 e. The van der Waals surface area contributed by atoms with E-state index in [0.29, 0.717) is 0 Å². The van der Waals surface area contributed by atoms with Gasteiger partial charge in [0.1, 0.15) is 6.61 Å². The van der Waals surface area contributed by atoms with Crippen LogP contribution in [0.3, 0.4) is 0 Å². The van der Waals surface area contributed by atoms with Crippen LogP contribution in [0.4, 0.5) is 0 Å². The Kier molecular flexibility index (Phi) is 2.68. The summed E-state index contributed by atoms with van der Waals surface area (Å²) in [6, 6.07) is 0. The molecular formula is C6H11O. The molecule has 0 aromatic carbocycles. The lowest BCUT2D eigenvalue weighted by Crippen LogP contribution is -1.83. The zero-order chi connectivity index (χ0) is 5.86. The normalized spacial score (nSPS) is 8.57. The van der Waals surface area contributed by atoms with Crippen molar-refractivity contribution in [3.63, 3.8) is 0 Å². The molecule has 1 radical (unpaired) electrons. The minimum atomic E-state index is -0.0532. The van der Waals surface area contributed by atoms with E-state index >= 15 is 0 Å². The molecule has 0 bridgehead atoms. The summed E-state index contributed by atoms with van der Waals surface area (Å²) in [6.07, 6.45) is 0. The molecule has 0 fully saturated rings. The van der Waals surface area contributed by atoms with Crippen LogP contribution in [0.2, 0.25) is 0 Å². The fraction of sp³-hybridized carbons (Fsp3) is 0.667. The van der Waals surface area contributed by atoms with Crippen molar-refractivity contribution >= 4 is 0 Å². The second-order valence-electron chi connectivity index (χ2n) is 1.92. The molecule has 0 aliphatic carbocycles. The van der Waals surface area contributed by atoms with Gasteiger partial charge in [-0.05, 0) is 26.3 Å². The molecule has 0 aliphatic rings. The van der Waals surface area contributed by atoms with E-state index in [-0.39, 0.29) is 6.61 Å². The molecule has 0 aromatic rings. The molecule has 0 aromatic heterocycles. The van der Waals surface area contributed by atoms with Crippen molar-refractivity contribution in [3.05, 3.63) is 11.1 Å². The Balaban J connectivity index is 3.72. The van der Waals surface area contributed by atoms with Crippen molar-refractivity contribution in [2.45, 2.75) is 20.8 Å². The Morgan fingerprint density at radius 2 is 1.71 bits per heavy atom. The molecule has 0 amide bonds. The first-order valence-electron chi connectivity index (χ1n) is 2.39. The van der Waals surface area contributed by atoms with Crippen molar-refractivity contribution in [2.24, 2.45) is 0 Å².